The van der Waals surface area contributed by atoms with E-state index in [1.807, 2.05) is 0 Å². The van der Waals surface area contributed by atoms with Gasteiger partial charge in [0.1, 0.15) is 13.2 Å². The van der Waals surface area contributed by atoms with E-state index in [-0.39, 0.29) is 31.1 Å². The van der Waals surface area contributed by atoms with Gasteiger partial charge in [0, 0.05) is 19.3 Å². The molecule has 1 unspecified atom stereocenters. The molecule has 6 nitrogen and oxygen atoms in total. The highest BCUT2D eigenvalue weighted by atomic mass is 16.6. The number of unbranched alkanes of at least 4 members (excludes halogenated alkanes) is 32. The van der Waals surface area contributed by atoms with E-state index in [1.165, 1.54) is 148 Å². The van der Waals surface area contributed by atoms with E-state index in [4.69, 9.17) is 14.2 Å². The Morgan fingerprint density at radius 1 is 0.294 bits per heavy atom. The maximum absolute atomic E-state index is 12.8. The van der Waals surface area contributed by atoms with E-state index >= 15 is 0 Å². The Morgan fingerprint density at radius 2 is 0.544 bits per heavy atom. The molecule has 68 heavy (non-hydrogen) atoms. The van der Waals surface area contributed by atoms with E-state index in [0.717, 1.165) is 96.3 Å². The number of carbonyl (C=O) groups excluding carboxylic acids is 3. The summed E-state index contributed by atoms with van der Waals surface area (Å²) in [6.07, 6.45) is 71.7. The first-order valence-electron chi connectivity index (χ1n) is 29.0. The number of carbonyl (C=O) groups is 3. The number of hydrogen-bond donors (Lipinski definition) is 0. The molecule has 0 spiro atoms. The summed E-state index contributed by atoms with van der Waals surface area (Å²) in [5, 5.41) is 0. The van der Waals surface area contributed by atoms with E-state index in [9.17, 15) is 14.4 Å². The van der Waals surface area contributed by atoms with Crippen molar-refractivity contribution < 1.29 is 28.6 Å². The molecule has 0 radical (unpaired) electrons. The van der Waals surface area contributed by atoms with Crippen LogP contribution in [0.25, 0.3) is 0 Å². The number of allylic oxidation sites excluding steroid dienone is 12. The lowest BCUT2D eigenvalue weighted by atomic mass is 10.1. The lowest BCUT2D eigenvalue weighted by molar-refractivity contribution is -0.167. The Bertz CT molecular complexity index is 1270. The molecule has 0 N–H and O–H groups in total. The zero-order chi connectivity index (χ0) is 49.3. The summed E-state index contributed by atoms with van der Waals surface area (Å²) < 4.78 is 16.8. The highest BCUT2D eigenvalue weighted by Gasteiger charge is 2.19. The minimum atomic E-state index is -0.796. The van der Waals surface area contributed by atoms with Crippen LogP contribution < -0.4 is 0 Å². The van der Waals surface area contributed by atoms with Gasteiger partial charge in [-0.2, -0.15) is 0 Å². The van der Waals surface area contributed by atoms with Crippen LogP contribution in [0, 0.1) is 0 Å². The van der Waals surface area contributed by atoms with Crippen LogP contribution in [0.1, 0.15) is 284 Å². The van der Waals surface area contributed by atoms with Crippen LogP contribution in [-0.2, 0) is 28.6 Å². The zero-order valence-electron chi connectivity index (χ0n) is 44.9. The Hall–Kier alpha value is -3.15. The van der Waals surface area contributed by atoms with Crippen LogP contribution >= 0.6 is 0 Å². The van der Waals surface area contributed by atoms with E-state index in [2.05, 4.69) is 93.7 Å². The third kappa shape index (κ3) is 53.8. The monoisotopic (exact) mass is 949 g/mol. The van der Waals surface area contributed by atoms with Crippen molar-refractivity contribution in [2.45, 2.75) is 290 Å². The zero-order valence-corrected chi connectivity index (χ0v) is 44.9. The molecule has 0 aromatic rings. The van der Waals surface area contributed by atoms with Crippen molar-refractivity contribution in [1.29, 1.82) is 0 Å². The van der Waals surface area contributed by atoms with Crippen LogP contribution in [0.3, 0.4) is 0 Å². The molecule has 0 heterocycles. The van der Waals surface area contributed by atoms with Gasteiger partial charge in [0.05, 0.1) is 0 Å². The molecule has 0 fully saturated rings. The third-order valence-electron chi connectivity index (χ3n) is 12.5. The van der Waals surface area contributed by atoms with E-state index < -0.39 is 6.10 Å². The van der Waals surface area contributed by atoms with Crippen molar-refractivity contribution >= 4 is 17.9 Å². The molecule has 392 valence electrons. The van der Waals surface area contributed by atoms with Gasteiger partial charge in [-0.1, -0.05) is 241 Å². The predicted octanol–water partition coefficient (Wildman–Crippen LogP) is 19.4. The van der Waals surface area contributed by atoms with Gasteiger partial charge in [0.15, 0.2) is 6.10 Å². The third-order valence-corrected chi connectivity index (χ3v) is 12.5. The Balaban J connectivity index is 4.43. The average molecular weight is 950 g/mol. The summed E-state index contributed by atoms with van der Waals surface area (Å²) in [7, 11) is 0. The predicted molar refractivity (Wildman–Crippen MR) is 293 cm³/mol. The van der Waals surface area contributed by atoms with Crippen LogP contribution in [0.15, 0.2) is 72.9 Å². The van der Waals surface area contributed by atoms with Crippen LogP contribution in [0.5, 0.6) is 0 Å². The number of ether oxygens (including phenoxy) is 3. The van der Waals surface area contributed by atoms with Gasteiger partial charge in [0.2, 0.25) is 0 Å². The summed E-state index contributed by atoms with van der Waals surface area (Å²) in [5.41, 5.74) is 0. The summed E-state index contributed by atoms with van der Waals surface area (Å²) in [4.78, 5) is 38.1. The Kier molecular flexibility index (Phi) is 53.8. The molecule has 6 heteroatoms. The quantitative estimate of drug-likeness (QED) is 0.0199. The maximum Gasteiger partial charge on any atom is 0.306 e. The number of rotatable bonds is 52. The Labute approximate surface area is 421 Å². The number of hydrogen-bond acceptors (Lipinski definition) is 6. The average Bonchev–Trinajstić information content (AvgIpc) is 3.34. The smallest absolute Gasteiger partial charge is 0.306 e. The van der Waals surface area contributed by atoms with Gasteiger partial charge >= 0.3 is 17.9 Å². The van der Waals surface area contributed by atoms with Crippen molar-refractivity contribution in [3.05, 3.63) is 72.9 Å². The SMILES string of the molecule is CCCCC\C=C/C=C\C=C/C=C\CCCCCCCC(=O)OC(COC(=O)CCCCC/C=C\CCCCCCCC)COC(=O)CCCCCCCCC/C=C\CCCCCCCCCC. The van der Waals surface area contributed by atoms with Crippen LogP contribution in [0.4, 0.5) is 0 Å². The second-order valence-corrected chi connectivity index (χ2v) is 19.3. The van der Waals surface area contributed by atoms with Crippen LogP contribution in [0.2, 0.25) is 0 Å². The van der Waals surface area contributed by atoms with Crippen molar-refractivity contribution in [2.75, 3.05) is 13.2 Å². The van der Waals surface area contributed by atoms with Crippen molar-refractivity contribution in [1.82, 2.24) is 0 Å². The minimum Gasteiger partial charge on any atom is -0.462 e. The topological polar surface area (TPSA) is 78.9 Å². The fraction of sp³-hybridized carbons (Fsp3) is 0.758. The highest BCUT2D eigenvalue weighted by molar-refractivity contribution is 5.71. The number of esters is 3. The minimum absolute atomic E-state index is 0.0916. The lowest BCUT2D eigenvalue weighted by Crippen LogP contribution is -2.30. The Morgan fingerprint density at radius 3 is 0.912 bits per heavy atom. The standard InChI is InChI=1S/C62H108O6/c1-4-7-10-13-16-19-22-25-27-29-31-33-34-37-40-43-46-49-52-55-61(64)67-58-59(57-66-60(63)54-51-48-45-42-39-36-24-21-18-15-12-9-6-3)68-62(65)56-53-50-47-44-41-38-35-32-30-28-26-23-20-17-14-11-8-5-2/h17,20,23,26,28-32,35-36,39,59H,4-16,18-19,21-22,24-25,27,33-34,37-38,40-58H2,1-3H3/b20-17-,26-23-,30-28-,31-29-,35-32-,39-36-. The van der Waals surface area contributed by atoms with E-state index in [0.29, 0.717) is 19.3 Å². The summed E-state index contributed by atoms with van der Waals surface area (Å²) in [6, 6.07) is 0. The molecular weight excluding hydrogens is 841 g/mol. The molecule has 0 aromatic heterocycles. The van der Waals surface area contributed by atoms with Crippen molar-refractivity contribution in [3.63, 3.8) is 0 Å². The van der Waals surface area contributed by atoms with Crippen molar-refractivity contribution in [2.24, 2.45) is 0 Å². The molecule has 0 aromatic carbocycles. The fourth-order valence-electron chi connectivity index (χ4n) is 8.09. The molecular formula is C62H108O6. The van der Waals surface area contributed by atoms with Crippen LogP contribution in [-0.4, -0.2) is 37.2 Å². The van der Waals surface area contributed by atoms with Gasteiger partial charge in [-0.05, 0) is 96.3 Å². The normalized spacial score (nSPS) is 12.6. The first-order valence-corrected chi connectivity index (χ1v) is 29.0. The van der Waals surface area contributed by atoms with Gasteiger partial charge in [-0.15, -0.1) is 0 Å². The molecule has 0 aliphatic carbocycles. The van der Waals surface area contributed by atoms with Gasteiger partial charge in [-0.25, -0.2) is 0 Å². The molecule has 1 atom stereocenters. The molecule has 0 bridgehead atoms. The lowest BCUT2D eigenvalue weighted by Gasteiger charge is -2.18. The molecule has 0 rings (SSSR count). The fourth-order valence-corrected chi connectivity index (χ4v) is 8.09. The highest BCUT2D eigenvalue weighted by Crippen LogP contribution is 2.15. The second kappa shape index (κ2) is 56.4. The van der Waals surface area contributed by atoms with Gasteiger partial charge < -0.3 is 14.2 Å². The molecule has 0 saturated carbocycles. The second-order valence-electron chi connectivity index (χ2n) is 19.3. The summed E-state index contributed by atoms with van der Waals surface area (Å²) >= 11 is 0. The molecule has 0 aliphatic rings. The molecule has 0 amide bonds. The maximum atomic E-state index is 12.8. The van der Waals surface area contributed by atoms with Crippen molar-refractivity contribution in [3.8, 4) is 0 Å². The summed E-state index contributed by atoms with van der Waals surface area (Å²) in [6.45, 7) is 6.57. The van der Waals surface area contributed by atoms with Gasteiger partial charge in [-0.3, -0.25) is 14.4 Å². The van der Waals surface area contributed by atoms with E-state index in [1.54, 1.807) is 0 Å². The van der Waals surface area contributed by atoms with Gasteiger partial charge in [0.25, 0.3) is 0 Å². The largest absolute Gasteiger partial charge is 0.462 e. The molecule has 0 aliphatic heterocycles. The molecule has 0 saturated heterocycles. The first kappa shape index (κ1) is 64.8. The summed E-state index contributed by atoms with van der Waals surface area (Å²) in [5.74, 6) is -0.928. The first-order chi connectivity index (χ1) is 33.5.